The fraction of sp³-hybridized carbons (Fsp3) is 0.588. The molecular weight excluding hydrogens is 314 g/mol. The molecule has 0 N–H and O–H groups in total. The summed E-state index contributed by atoms with van der Waals surface area (Å²) in [5.41, 5.74) is 1.67. The Morgan fingerprint density at radius 3 is 2.30 bits per heavy atom. The molecule has 1 amide bonds. The molecule has 0 aromatic heterocycles. The minimum atomic E-state index is -3.70. The Balaban J connectivity index is 2.27. The van der Waals surface area contributed by atoms with Gasteiger partial charge in [-0.25, -0.2) is 8.42 Å². The molecule has 0 spiro atoms. The molecule has 128 valence electrons. The number of hydrogen-bond acceptors (Lipinski definition) is 4. The van der Waals surface area contributed by atoms with E-state index in [1.54, 1.807) is 24.0 Å². The zero-order valence-corrected chi connectivity index (χ0v) is 15.2. The Hall–Kier alpha value is -1.40. The lowest BCUT2D eigenvalue weighted by Crippen LogP contribution is -2.52. The number of morpholine rings is 1. The number of hydrogen-bond donors (Lipinski definition) is 0. The van der Waals surface area contributed by atoms with Crippen molar-refractivity contribution in [3.63, 3.8) is 0 Å². The molecule has 3 atom stereocenters. The first-order valence-electron chi connectivity index (χ1n) is 7.88. The maximum atomic E-state index is 12.8. The van der Waals surface area contributed by atoms with E-state index >= 15 is 0 Å². The topological polar surface area (TPSA) is 63.7 Å². The minimum absolute atomic E-state index is 0.0845. The number of sulfone groups is 1. The number of rotatable bonds is 3. The minimum Gasteiger partial charge on any atom is -0.372 e. The van der Waals surface area contributed by atoms with Gasteiger partial charge in [-0.3, -0.25) is 4.79 Å². The van der Waals surface area contributed by atoms with Crippen molar-refractivity contribution in [2.24, 2.45) is 0 Å². The number of carbonyl (C=O) groups is 1. The predicted molar refractivity (Wildman–Crippen MR) is 89.2 cm³/mol. The Morgan fingerprint density at radius 2 is 1.78 bits per heavy atom. The van der Waals surface area contributed by atoms with Gasteiger partial charge in [0, 0.05) is 13.1 Å². The maximum Gasteiger partial charge on any atom is 0.241 e. The molecule has 0 aliphatic carbocycles. The van der Waals surface area contributed by atoms with Gasteiger partial charge in [-0.1, -0.05) is 17.7 Å². The van der Waals surface area contributed by atoms with Crippen LogP contribution in [0, 0.1) is 13.8 Å². The number of carbonyl (C=O) groups excluding carboxylic acids is 1. The van der Waals surface area contributed by atoms with E-state index in [0.717, 1.165) is 5.56 Å². The van der Waals surface area contributed by atoms with Crippen molar-refractivity contribution < 1.29 is 17.9 Å². The molecule has 1 aromatic rings. The average Bonchev–Trinajstić information content (AvgIpc) is 2.44. The summed E-state index contributed by atoms with van der Waals surface area (Å²) < 4.78 is 31.3. The lowest BCUT2D eigenvalue weighted by molar-refractivity contribution is -0.142. The fourth-order valence-corrected chi connectivity index (χ4v) is 4.62. The van der Waals surface area contributed by atoms with Gasteiger partial charge < -0.3 is 9.64 Å². The smallest absolute Gasteiger partial charge is 0.241 e. The van der Waals surface area contributed by atoms with Crippen LogP contribution in [0.2, 0.25) is 0 Å². The van der Waals surface area contributed by atoms with Crippen molar-refractivity contribution in [2.75, 3.05) is 13.1 Å². The van der Waals surface area contributed by atoms with Crippen molar-refractivity contribution in [3.8, 4) is 0 Å². The third kappa shape index (κ3) is 3.75. The highest BCUT2D eigenvalue weighted by atomic mass is 32.2. The van der Waals surface area contributed by atoms with E-state index in [4.69, 9.17) is 4.74 Å². The first-order valence-corrected chi connectivity index (χ1v) is 9.43. The second-order valence-corrected chi connectivity index (χ2v) is 8.69. The van der Waals surface area contributed by atoms with Crippen LogP contribution in [0.4, 0.5) is 0 Å². The normalized spacial score (nSPS) is 23.6. The zero-order valence-electron chi connectivity index (χ0n) is 14.4. The van der Waals surface area contributed by atoms with E-state index < -0.39 is 15.1 Å². The third-order valence-electron chi connectivity index (χ3n) is 4.18. The summed E-state index contributed by atoms with van der Waals surface area (Å²) in [6.07, 6.45) is -0.169. The monoisotopic (exact) mass is 339 g/mol. The number of benzene rings is 1. The van der Waals surface area contributed by atoms with E-state index in [1.165, 1.54) is 6.92 Å². The van der Waals surface area contributed by atoms with E-state index in [9.17, 15) is 13.2 Å². The Kier molecular flexibility index (Phi) is 5.16. The second kappa shape index (κ2) is 6.61. The lowest BCUT2D eigenvalue weighted by Gasteiger charge is -2.36. The summed E-state index contributed by atoms with van der Waals surface area (Å²) in [6.45, 7) is 9.77. The number of nitrogens with zero attached hydrogens (tertiary/aromatic N) is 1. The standard InChI is InChI=1S/C17H25NO4S/c1-11-6-7-16(12(2)8-11)23(20,21)15(5)17(19)18-9-13(3)22-14(4)10-18/h6-8,13-15H,9-10H2,1-5H3. The molecule has 3 unspecified atom stereocenters. The molecule has 1 aliphatic rings. The van der Waals surface area contributed by atoms with Gasteiger partial charge in [0.25, 0.3) is 0 Å². The van der Waals surface area contributed by atoms with Crippen molar-refractivity contribution in [1.82, 2.24) is 4.90 Å². The summed E-state index contributed by atoms with van der Waals surface area (Å²) in [6, 6.07) is 5.17. The van der Waals surface area contributed by atoms with Gasteiger partial charge in [0.15, 0.2) is 9.84 Å². The summed E-state index contributed by atoms with van der Waals surface area (Å²) >= 11 is 0. The zero-order chi connectivity index (χ0) is 17.4. The first kappa shape index (κ1) is 17.9. The van der Waals surface area contributed by atoms with Crippen molar-refractivity contribution >= 4 is 15.7 Å². The van der Waals surface area contributed by atoms with E-state index in [0.29, 0.717) is 18.7 Å². The van der Waals surface area contributed by atoms with Crippen LogP contribution in [-0.2, 0) is 19.4 Å². The molecule has 6 heteroatoms. The average molecular weight is 339 g/mol. The van der Waals surface area contributed by atoms with Crippen molar-refractivity contribution in [1.29, 1.82) is 0 Å². The molecule has 5 nitrogen and oxygen atoms in total. The predicted octanol–water partition coefficient (Wildman–Crippen LogP) is 2.10. The fourth-order valence-electron chi connectivity index (χ4n) is 3.06. The molecule has 1 heterocycles. The molecule has 0 saturated carbocycles. The summed E-state index contributed by atoms with van der Waals surface area (Å²) in [4.78, 5) is 14.5. The van der Waals surface area contributed by atoms with Gasteiger partial charge in [0.05, 0.1) is 17.1 Å². The highest BCUT2D eigenvalue weighted by Gasteiger charge is 2.36. The van der Waals surface area contributed by atoms with Crippen LogP contribution in [0.3, 0.4) is 0 Å². The van der Waals surface area contributed by atoms with Crippen LogP contribution in [0.5, 0.6) is 0 Å². The van der Waals surface area contributed by atoms with Crippen LogP contribution >= 0.6 is 0 Å². The van der Waals surface area contributed by atoms with E-state index in [2.05, 4.69) is 0 Å². The van der Waals surface area contributed by atoms with Gasteiger partial charge in [-0.2, -0.15) is 0 Å². The molecule has 1 fully saturated rings. The highest BCUT2D eigenvalue weighted by Crippen LogP contribution is 2.23. The van der Waals surface area contributed by atoms with Crippen LogP contribution in [-0.4, -0.2) is 49.8 Å². The first-order chi connectivity index (χ1) is 10.6. The molecule has 23 heavy (non-hydrogen) atoms. The number of amides is 1. The van der Waals surface area contributed by atoms with Crippen molar-refractivity contribution in [3.05, 3.63) is 29.3 Å². The molecule has 1 saturated heterocycles. The van der Waals surface area contributed by atoms with Gasteiger partial charge in [0.1, 0.15) is 5.25 Å². The highest BCUT2D eigenvalue weighted by molar-refractivity contribution is 7.92. The van der Waals surface area contributed by atoms with Crippen LogP contribution in [0.15, 0.2) is 23.1 Å². The quantitative estimate of drug-likeness (QED) is 0.846. The van der Waals surface area contributed by atoms with Gasteiger partial charge in [-0.05, 0) is 46.2 Å². The van der Waals surface area contributed by atoms with Crippen molar-refractivity contribution in [2.45, 2.75) is 57.0 Å². The summed E-state index contributed by atoms with van der Waals surface area (Å²) in [7, 11) is -3.70. The Bertz CT molecular complexity index is 689. The molecule has 1 aliphatic heterocycles. The largest absolute Gasteiger partial charge is 0.372 e. The van der Waals surface area contributed by atoms with Crippen LogP contribution in [0.25, 0.3) is 0 Å². The Morgan fingerprint density at radius 1 is 1.22 bits per heavy atom. The van der Waals surface area contributed by atoms with Gasteiger partial charge >= 0.3 is 0 Å². The van der Waals surface area contributed by atoms with E-state index in [-0.39, 0.29) is 23.0 Å². The molecule has 1 aromatic carbocycles. The summed E-state index contributed by atoms with van der Waals surface area (Å²) in [5, 5.41) is -1.10. The molecule has 0 bridgehead atoms. The van der Waals surface area contributed by atoms with E-state index in [1.807, 2.05) is 26.8 Å². The second-order valence-electron chi connectivity index (χ2n) is 6.46. The number of aryl methyl sites for hydroxylation is 2. The maximum absolute atomic E-state index is 12.8. The van der Waals surface area contributed by atoms with Gasteiger partial charge in [-0.15, -0.1) is 0 Å². The molecular formula is C17H25NO4S. The number of ether oxygens (including phenoxy) is 1. The molecule has 2 rings (SSSR count). The summed E-state index contributed by atoms with van der Waals surface area (Å²) in [5.74, 6) is -0.355. The SMILES string of the molecule is Cc1ccc(S(=O)(=O)C(C)C(=O)N2CC(C)OC(C)C2)c(C)c1. The van der Waals surface area contributed by atoms with Gasteiger partial charge in [0.2, 0.25) is 5.91 Å². The Labute approximate surface area is 138 Å². The van der Waals surface area contributed by atoms with Crippen LogP contribution < -0.4 is 0 Å². The van der Waals surface area contributed by atoms with Crippen LogP contribution in [0.1, 0.15) is 31.9 Å². The lowest BCUT2D eigenvalue weighted by atomic mass is 10.2. The molecule has 0 radical (unpaired) electrons. The third-order valence-corrected chi connectivity index (χ3v) is 6.39.